The quantitative estimate of drug-likeness (QED) is 0.548. The maximum absolute atomic E-state index is 13.4. The normalized spacial score (nSPS) is 14.9. The zero-order chi connectivity index (χ0) is 25.1. The van der Waals surface area contributed by atoms with E-state index in [1.807, 2.05) is 30.3 Å². The molecule has 0 atom stereocenters. The van der Waals surface area contributed by atoms with Gasteiger partial charge >= 0.3 is 0 Å². The highest BCUT2D eigenvalue weighted by molar-refractivity contribution is 5.99. The van der Waals surface area contributed by atoms with Gasteiger partial charge in [0, 0.05) is 56.4 Å². The number of benzene rings is 2. The summed E-state index contributed by atoms with van der Waals surface area (Å²) in [7, 11) is 3.10. The molecule has 0 spiro atoms. The van der Waals surface area contributed by atoms with E-state index in [2.05, 4.69) is 34.2 Å². The third-order valence-electron chi connectivity index (χ3n) is 6.63. The predicted octanol–water partition coefficient (Wildman–Crippen LogP) is 3.86. The summed E-state index contributed by atoms with van der Waals surface area (Å²) in [6.07, 6.45) is 7.35. The molecule has 0 unspecified atom stereocenters. The number of piperazine rings is 1. The van der Waals surface area contributed by atoms with Crippen molar-refractivity contribution in [2.45, 2.75) is 0 Å². The molecule has 0 N–H and O–H groups in total. The largest absolute Gasteiger partial charge is 0.496 e. The molecule has 2 amide bonds. The number of anilines is 2. The van der Waals surface area contributed by atoms with E-state index in [-0.39, 0.29) is 11.8 Å². The van der Waals surface area contributed by atoms with Crippen LogP contribution < -0.4 is 14.4 Å². The predicted molar refractivity (Wildman–Crippen MR) is 138 cm³/mol. The molecule has 36 heavy (non-hydrogen) atoms. The molecule has 0 aliphatic carbocycles. The number of para-hydroxylation sites is 1. The van der Waals surface area contributed by atoms with Crippen molar-refractivity contribution in [2.75, 3.05) is 51.8 Å². The number of carbonyl (C=O) groups excluding carboxylic acids is 2. The number of pyridine rings is 1. The summed E-state index contributed by atoms with van der Waals surface area (Å²) in [5.41, 5.74) is 4.21. The number of nitrogens with zero attached hydrogens (tertiary/aromatic N) is 4. The summed E-state index contributed by atoms with van der Waals surface area (Å²) >= 11 is 0. The van der Waals surface area contributed by atoms with Crippen molar-refractivity contribution in [3.8, 4) is 11.5 Å². The molecule has 2 aliphatic rings. The van der Waals surface area contributed by atoms with Crippen LogP contribution in [-0.2, 0) is 0 Å². The van der Waals surface area contributed by atoms with Crippen LogP contribution in [0.3, 0.4) is 0 Å². The number of fused-ring (bicyclic) bond motifs is 1. The Morgan fingerprint density at radius 3 is 2.19 bits per heavy atom. The van der Waals surface area contributed by atoms with Crippen molar-refractivity contribution in [1.82, 2.24) is 14.8 Å². The average Bonchev–Trinajstić information content (AvgIpc) is 2.95. The van der Waals surface area contributed by atoms with E-state index in [0.29, 0.717) is 48.8 Å². The second kappa shape index (κ2) is 10.1. The summed E-state index contributed by atoms with van der Waals surface area (Å²) in [5.74, 6) is 0.743. The molecule has 0 bridgehead atoms. The van der Waals surface area contributed by atoms with Crippen molar-refractivity contribution >= 4 is 29.3 Å². The van der Waals surface area contributed by atoms with Crippen molar-refractivity contribution < 1.29 is 19.1 Å². The maximum Gasteiger partial charge on any atom is 0.257 e. The van der Waals surface area contributed by atoms with E-state index in [9.17, 15) is 9.59 Å². The Bertz CT molecular complexity index is 1310. The van der Waals surface area contributed by atoms with Crippen LogP contribution in [0, 0.1) is 0 Å². The lowest BCUT2D eigenvalue weighted by Crippen LogP contribution is -2.50. The zero-order valence-electron chi connectivity index (χ0n) is 20.4. The monoisotopic (exact) mass is 484 g/mol. The third-order valence-corrected chi connectivity index (χ3v) is 6.63. The highest BCUT2D eigenvalue weighted by Crippen LogP contribution is 2.35. The van der Waals surface area contributed by atoms with Gasteiger partial charge in [-0.2, -0.15) is 0 Å². The minimum atomic E-state index is -0.126. The SMILES string of the molecule is COc1cnccc1C(=O)N1CCN(C(=O)c2ccc(N3CC=Cc4ccccc43)cc2OC)CC1. The fraction of sp³-hybridized carbons (Fsp3) is 0.250. The van der Waals surface area contributed by atoms with Crippen molar-refractivity contribution in [1.29, 1.82) is 0 Å². The second-order valence-corrected chi connectivity index (χ2v) is 8.62. The Balaban J connectivity index is 1.30. The first kappa shape index (κ1) is 23.4. The van der Waals surface area contributed by atoms with Crippen molar-refractivity contribution in [3.63, 3.8) is 0 Å². The molecule has 3 aromatic rings. The minimum Gasteiger partial charge on any atom is -0.496 e. The maximum atomic E-state index is 13.4. The lowest BCUT2D eigenvalue weighted by molar-refractivity contribution is 0.0531. The number of carbonyl (C=O) groups is 2. The molecule has 8 heteroatoms. The Labute approximate surface area is 210 Å². The van der Waals surface area contributed by atoms with E-state index in [4.69, 9.17) is 9.47 Å². The molecule has 1 saturated heterocycles. The number of amides is 2. The summed E-state index contributed by atoms with van der Waals surface area (Å²) < 4.78 is 10.9. The van der Waals surface area contributed by atoms with Crippen LogP contribution in [0.25, 0.3) is 6.08 Å². The standard InChI is InChI=1S/C28H28N4O4/c1-35-25-18-21(32-13-5-7-20-6-3-4-8-24(20)32)9-10-22(25)27(33)30-14-16-31(17-15-30)28(34)23-11-12-29-19-26(23)36-2/h3-12,18-19H,13-17H2,1-2H3. The van der Waals surface area contributed by atoms with Gasteiger partial charge in [-0.1, -0.05) is 30.4 Å². The van der Waals surface area contributed by atoms with Gasteiger partial charge in [-0.05, 0) is 29.8 Å². The van der Waals surface area contributed by atoms with Crippen LogP contribution in [0.4, 0.5) is 11.4 Å². The molecule has 2 aliphatic heterocycles. The van der Waals surface area contributed by atoms with Crippen LogP contribution in [-0.4, -0.2) is 73.5 Å². The molecular formula is C28H28N4O4. The van der Waals surface area contributed by atoms with E-state index in [0.717, 1.165) is 23.5 Å². The van der Waals surface area contributed by atoms with E-state index in [1.54, 1.807) is 29.2 Å². The van der Waals surface area contributed by atoms with Gasteiger partial charge in [0.15, 0.2) is 0 Å². The Morgan fingerprint density at radius 1 is 0.833 bits per heavy atom. The topological polar surface area (TPSA) is 75.2 Å². The number of rotatable bonds is 5. The Morgan fingerprint density at radius 2 is 1.50 bits per heavy atom. The second-order valence-electron chi connectivity index (χ2n) is 8.62. The molecule has 5 rings (SSSR count). The molecule has 1 aromatic heterocycles. The average molecular weight is 485 g/mol. The van der Waals surface area contributed by atoms with E-state index in [1.165, 1.54) is 13.3 Å². The molecule has 8 nitrogen and oxygen atoms in total. The minimum absolute atomic E-state index is 0.106. The fourth-order valence-corrected chi connectivity index (χ4v) is 4.70. The Hall–Kier alpha value is -4.33. The summed E-state index contributed by atoms with van der Waals surface area (Å²) in [6, 6.07) is 15.6. The number of methoxy groups -OCH3 is 2. The van der Waals surface area contributed by atoms with Gasteiger partial charge in [-0.3, -0.25) is 14.6 Å². The first-order valence-electron chi connectivity index (χ1n) is 11.9. The molecule has 184 valence electrons. The fourth-order valence-electron chi connectivity index (χ4n) is 4.70. The van der Waals surface area contributed by atoms with Crippen LogP contribution in [0.5, 0.6) is 11.5 Å². The van der Waals surface area contributed by atoms with Gasteiger partial charge in [-0.25, -0.2) is 0 Å². The van der Waals surface area contributed by atoms with E-state index >= 15 is 0 Å². The number of aromatic nitrogens is 1. The van der Waals surface area contributed by atoms with Gasteiger partial charge in [-0.15, -0.1) is 0 Å². The molecule has 0 radical (unpaired) electrons. The number of hydrogen-bond acceptors (Lipinski definition) is 6. The van der Waals surface area contributed by atoms with Gasteiger partial charge in [0.1, 0.15) is 11.5 Å². The molecular weight excluding hydrogens is 456 g/mol. The van der Waals surface area contributed by atoms with Crippen molar-refractivity contribution in [2.24, 2.45) is 0 Å². The van der Waals surface area contributed by atoms with Gasteiger partial charge < -0.3 is 24.2 Å². The lowest BCUT2D eigenvalue weighted by atomic mass is 10.1. The zero-order valence-corrected chi connectivity index (χ0v) is 20.4. The number of ether oxygens (including phenoxy) is 2. The molecule has 1 fully saturated rings. The van der Waals surface area contributed by atoms with Gasteiger partial charge in [0.05, 0.1) is 31.5 Å². The highest BCUT2D eigenvalue weighted by atomic mass is 16.5. The first-order valence-corrected chi connectivity index (χ1v) is 11.9. The van der Waals surface area contributed by atoms with E-state index < -0.39 is 0 Å². The van der Waals surface area contributed by atoms with Gasteiger partial charge in [0.2, 0.25) is 0 Å². The van der Waals surface area contributed by atoms with Crippen LogP contribution in [0.2, 0.25) is 0 Å². The van der Waals surface area contributed by atoms with Gasteiger partial charge in [0.25, 0.3) is 11.8 Å². The molecule has 3 heterocycles. The Kier molecular flexibility index (Phi) is 6.58. The third kappa shape index (κ3) is 4.37. The summed E-state index contributed by atoms with van der Waals surface area (Å²) in [6.45, 7) is 2.49. The van der Waals surface area contributed by atoms with Crippen LogP contribution >= 0.6 is 0 Å². The lowest BCUT2D eigenvalue weighted by Gasteiger charge is -2.35. The highest BCUT2D eigenvalue weighted by Gasteiger charge is 2.28. The van der Waals surface area contributed by atoms with Crippen LogP contribution in [0.15, 0.2) is 67.0 Å². The molecule has 2 aromatic carbocycles. The smallest absolute Gasteiger partial charge is 0.257 e. The van der Waals surface area contributed by atoms with Crippen LogP contribution in [0.1, 0.15) is 26.3 Å². The number of hydrogen-bond donors (Lipinski definition) is 0. The summed E-state index contributed by atoms with van der Waals surface area (Å²) in [4.78, 5) is 36.1. The summed E-state index contributed by atoms with van der Waals surface area (Å²) in [5, 5.41) is 0. The first-order chi connectivity index (χ1) is 17.6. The van der Waals surface area contributed by atoms with Crippen molar-refractivity contribution in [3.05, 3.63) is 83.7 Å². The molecule has 0 saturated carbocycles.